The lowest BCUT2D eigenvalue weighted by Crippen LogP contribution is -2.37. The first kappa shape index (κ1) is 13.8. The number of Topliss-reactive ketones (excluding diaryl/α,β-unsaturated/α-hetero) is 3. The SMILES string of the molecule is CCC(CC1=CCCCC1=O)(C(C)=O)C(C)=O. The lowest BCUT2D eigenvalue weighted by molar-refractivity contribution is -0.138. The summed E-state index contributed by atoms with van der Waals surface area (Å²) in [6.07, 6.45) is 4.93. The smallest absolute Gasteiger partial charge is 0.158 e. The Balaban J connectivity index is 3.01. The maximum atomic E-state index is 11.8. The van der Waals surface area contributed by atoms with Crippen molar-refractivity contribution < 1.29 is 14.4 Å². The molecule has 0 saturated carbocycles. The Labute approximate surface area is 102 Å². The van der Waals surface area contributed by atoms with Crippen LogP contribution in [0.5, 0.6) is 0 Å². The zero-order chi connectivity index (χ0) is 13.1. The number of ketones is 3. The van der Waals surface area contributed by atoms with Gasteiger partial charge in [-0.05, 0) is 45.1 Å². The zero-order valence-electron chi connectivity index (χ0n) is 10.8. The monoisotopic (exact) mass is 236 g/mol. The fraction of sp³-hybridized carbons (Fsp3) is 0.643. The van der Waals surface area contributed by atoms with Crippen molar-refractivity contribution in [3.63, 3.8) is 0 Å². The molecule has 0 saturated heterocycles. The molecule has 1 aliphatic rings. The largest absolute Gasteiger partial charge is 0.299 e. The maximum absolute atomic E-state index is 11.8. The molecule has 0 amide bonds. The Morgan fingerprint density at radius 2 is 1.88 bits per heavy atom. The van der Waals surface area contributed by atoms with Crippen molar-refractivity contribution in [2.45, 2.75) is 52.9 Å². The minimum absolute atomic E-state index is 0.0941. The van der Waals surface area contributed by atoms with E-state index in [0.29, 0.717) is 18.4 Å². The first-order chi connectivity index (χ1) is 7.94. The van der Waals surface area contributed by atoms with Gasteiger partial charge in [-0.1, -0.05) is 13.0 Å². The van der Waals surface area contributed by atoms with Gasteiger partial charge in [0.15, 0.2) is 5.78 Å². The highest BCUT2D eigenvalue weighted by molar-refractivity contribution is 6.07. The van der Waals surface area contributed by atoms with E-state index in [-0.39, 0.29) is 23.8 Å². The molecule has 1 aliphatic carbocycles. The van der Waals surface area contributed by atoms with Crippen molar-refractivity contribution in [2.75, 3.05) is 0 Å². The van der Waals surface area contributed by atoms with E-state index < -0.39 is 5.41 Å². The molecule has 0 bridgehead atoms. The summed E-state index contributed by atoms with van der Waals surface area (Å²) >= 11 is 0. The number of carbonyl (C=O) groups is 3. The average molecular weight is 236 g/mol. The highest BCUT2D eigenvalue weighted by Crippen LogP contribution is 2.34. The van der Waals surface area contributed by atoms with Gasteiger partial charge in [0, 0.05) is 6.42 Å². The topological polar surface area (TPSA) is 51.2 Å². The van der Waals surface area contributed by atoms with Gasteiger partial charge in [0.1, 0.15) is 11.6 Å². The van der Waals surface area contributed by atoms with Crippen LogP contribution in [0.4, 0.5) is 0 Å². The summed E-state index contributed by atoms with van der Waals surface area (Å²) in [7, 11) is 0. The summed E-state index contributed by atoms with van der Waals surface area (Å²) in [6.45, 7) is 4.72. The Morgan fingerprint density at radius 1 is 1.29 bits per heavy atom. The molecule has 94 valence electrons. The van der Waals surface area contributed by atoms with Crippen LogP contribution in [0, 0.1) is 5.41 Å². The molecule has 0 fully saturated rings. The lowest BCUT2D eigenvalue weighted by atomic mass is 9.71. The third-order valence-electron chi connectivity index (χ3n) is 3.80. The second-order valence-electron chi connectivity index (χ2n) is 4.77. The van der Waals surface area contributed by atoms with Crippen LogP contribution in [0.15, 0.2) is 11.6 Å². The molecule has 17 heavy (non-hydrogen) atoms. The van der Waals surface area contributed by atoms with Gasteiger partial charge in [-0.3, -0.25) is 14.4 Å². The second-order valence-corrected chi connectivity index (χ2v) is 4.77. The number of rotatable bonds is 5. The van der Waals surface area contributed by atoms with E-state index in [1.54, 1.807) is 0 Å². The van der Waals surface area contributed by atoms with Gasteiger partial charge in [-0.2, -0.15) is 0 Å². The molecule has 3 heteroatoms. The molecule has 0 unspecified atom stereocenters. The number of hydrogen-bond donors (Lipinski definition) is 0. The Hall–Kier alpha value is -1.25. The number of hydrogen-bond acceptors (Lipinski definition) is 3. The summed E-state index contributed by atoms with van der Waals surface area (Å²) in [4.78, 5) is 35.3. The maximum Gasteiger partial charge on any atom is 0.158 e. The molecule has 0 heterocycles. The van der Waals surface area contributed by atoms with Gasteiger partial charge in [-0.25, -0.2) is 0 Å². The van der Waals surface area contributed by atoms with Crippen LogP contribution in [-0.4, -0.2) is 17.3 Å². The van der Waals surface area contributed by atoms with Crippen molar-refractivity contribution in [2.24, 2.45) is 5.41 Å². The van der Waals surface area contributed by atoms with Gasteiger partial charge in [0.05, 0.1) is 5.41 Å². The molecule has 1 rings (SSSR count). The van der Waals surface area contributed by atoms with Crippen LogP contribution in [0.2, 0.25) is 0 Å². The van der Waals surface area contributed by atoms with E-state index in [1.807, 2.05) is 13.0 Å². The van der Waals surface area contributed by atoms with E-state index in [1.165, 1.54) is 13.8 Å². The molecule has 3 nitrogen and oxygen atoms in total. The van der Waals surface area contributed by atoms with Crippen LogP contribution in [0.1, 0.15) is 52.9 Å². The van der Waals surface area contributed by atoms with Gasteiger partial charge in [-0.15, -0.1) is 0 Å². The van der Waals surface area contributed by atoms with Crippen LogP contribution in [-0.2, 0) is 14.4 Å². The minimum Gasteiger partial charge on any atom is -0.299 e. The van der Waals surface area contributed by atoms with E-state index in [4.69, 9.17) is 0 Å². The molecule has 0 aromatic rings. The molecule has 0 atom stereocenters. The summed E-state index contributed by atoms with van der Waals surface area (Å²) in [5.41, 5.74) is -0.317. The number of carbonyl (C=O) groups excluding carboxylic acids is 3. The van der Waals surface area contributed by atoms with E-state index in [2.05, 4.69) is 0 Å². The predicted molar refractivity (Wildman–Crippen MR) is 65.6 cm³/mol. The van der Waals surface area contributed by atoms with Crippen molar-refractivity contribution in [3.05, 3.63) is 11.6 Å². The molecular weight excluding hydrogens is 216 g/mol. The van der Waals surface area contributed by atoms with Gasteiger partial charge >= 0.3 is 0 Å². The Morgan fingerprint density at radius 3 is 2.29 bits per heavy atom. The van der Waals surface area contributed by atoms with E-state index in [9.17, 15) is 14.4 Å². The van der Waals surface area contributed by atoms with Crippen LogP contribution >= 0.6 is 0 Å². The Kier molecular flexibility index (Phi) is 4.38. The summed E-state index contributed by atoms with van der Waals surface area (Å²) < 4.78 is 0. The first-order valence-corrected chi connectivity index (χ1v) is 6.18. The van der Waals surface area contributed by atoms with E-state index >= 15 is 0 Å². The fourth-order valence-corrected chi connectivity index (χ4v) is 2.43. The van der Waals surface area contributed by atoms with Crippen molar-refractivity contribution in [1.29, 1.82) is 0 Å². The molecule has 0 aromatic carbocycles. The van der Waals surface area contributed by atoms with Crippen molar-refractivity contribution >= 4 is 17.3 Å². The summed E-state index contributed by atoms with van der Waals surface area (Å²) in [6, 6.07) is 0. The molecule has 0 radical (unpaired) electrons. The minimum atomic E-state index is -0.987. The third-order valence-corrected chi connectivity index (χ3v) is 3.80. The standard InChI is InChI=1S/C14H20O3/c1-4-14(10(2)15,11(3)16)9-12-7-5-6-8-13(12)17/h7H,4-6,8-9H2,1-3H3. The van der Waals surface area contributed by atoms with Gasteiger partial charge in [0.25, 0.3) is 0 Å². The molecule has 0 aromatic heterocycles. The normalized spacial score (nSPS) is 16.6. The molecule has 0 N–H and O–H groups in total. The zero-order valence-corrected chi connectivity index (χ0v) is 10.8. The number of allylic oxidation sites excluding steroid dienone is 2. The van der Waals surface area contributed by atoms with Gasteiger partial charge < -0.3 is 0 Å². The van der Waals surface area contributed by atoms with Crippen molar-refractivity contribution in [1.82, 2.24) is 0 Å². The molecule has 0 spiro atoms. The Bertz CT molecular complexity index is 363. The predicted octanol–water partition coefficient (Wildman–Crippen LogP) is 2.63. The molecular formula is C14H20O3. The summed E-state index contributed by atoms with van der Waals surface area (Å²) in [5, 5.41) is 0. The highest BCUT2D eigenvalue weighted by atomic mass is 16.2. The quantitative estimate of drug-likeness (QED) is 0.689. The van der Waals surface area contributed by atoms with Crippen LogP contribution in [0.25, 0.3) is 0 Å². The van der Waals surface area contributed by atoms with E-state index in [0.717, 1.165) is 12.8 Å². The van der Waals surface area contributed by atoms with Crippen molar-refractivity contribution in [3.8, 4) is 0 Å². The average Bonchev–Trinajstić information content (AvgIpc) is 2.27. The molecule has 0 aliphatic heterocycles. The summed E-state index contributed by atoms with van der Waals surface area (Å²) in [5.74, 6) is -0.171. The fourth-order valence-electron chi connectivity index (χ4n) is 2.43. The van der Waals surface area contributed by atoms with Crippen LogP contribution in [0.3, 0.4) is 0 Å². The highest BCUT2D eigenvalue weighted by Gasteiger charge is 2.40. The lowest BCUT2D eigenvalue weighted by Gasteiger charge is -2.28. The second kappa shape index (κ2) is 5.39. The van der Waals surface area contributed by atoms with Gasteiger partial charge in [0.2, 0.25) is 0 Å². The third kappa shape index (κ3) is 2.71. The first-order valence-electron chi connectivity index (χ1n) is 6.18. The van der Waals surface area contributed by atoms with Crippen LogP contribution < -0.4 is 0 Å².